The summed E-state index contributed by atoms with van der Waals surface area (Å²) in [7, 11) is 0. The number of nitriles is 1. The fourth-order valence-corrected chi connectivity index (χ4v) is 3.58. The van der Waals surface area contributed by atoms with Crippen LogP contribution in [0.2, 0.25) is 0 Å². The maximum atomic E-state index is 9.41. The molecular formula is C18H28N2. The molecule has 1 aliphatic heterocycles. The number of rotatable bonds is 3. The van der Waals surface area contributed by atoms with Gasteiger partial charge in [0.25, 0.3) is 0 Å². The monoisotopic (exact) mass is 272 g/mol. The molecule has 110 valence electrons. The SMILES string of the molecule is CC(C)=C(C#N)C1=C(C)CCN(CC2CCCCC2)C1. The zero-order chi connectivity index (χ0) is 14.5. The Bertz CT molecular complexity index is 441. The predicted molar refractivity (Wildman–Crippen MR) is 84.3 cm³/mol. The van der Waals surface area contributed by atoms with Crippen LogP contribution < -0.4 is 0 Å². The molecule has 0 aromatic rings. The van der Waals surface area contributed by atoms with Crippen LogP contribution in [-0.4, -0.2) is 24.5 Å². The molecule has 1 heterocycles. The predicted octanol–water partition coefficient (Wildman–Crippen LogP) is 4.45. The summed E-state index contributed by atoms with van der Waals surface area (Å²) in [5.74, 6) is 0.889. The lowest BCUT2D eigenvalue weighted by Gasteiger charge is -2.34. The van der Waals surface area contributed by atoms with E-state index in [0.717, 1.165) is 30.0 Å². The summed E-state index contributed by atoms with van der Waals surface area (Å²) in [4.78, 5) is 2.58. The Balaban J connectivity index is 2.04. The van der Waals surface area contributed by atoms with E-state index in [-0.39, 0.29) is 0 Å². The van der Waals surface area contributed by atoms with Crippen LogP contribution >= 0.6 is 0 Å². The number of hydrogen-bond acceptors (Lipinski definition) is 2. The van der Waals surface area contributed by atoms with Gasteiger partial charge in [-0.3, -0.25) is 4.90 Å². The molecule has 1 aliphatic carbocycles. The summed E-state index contributed by atoms with van der Waals surface area (Å²) in [6, 6.07) is 2.42. The van der Waals surface area contributed by atoms with Crippen LogP contribution in [0, 0.1) is 17.2 Å². The average Bonchev–Trinajstić information content (AvgIpc) is 2.44. The van der Waals surface area contributed by atoms with Gasteiger partial charge in [-0.1, -0.05) is 30.4 Å². The average molecular weight is 272 g/mol. The molecule has 0 aromatic heterocycles. The molecule has 2 heteroatoms. The lowest BCUT2D eigenvalue weighted by molar-refractivity contribution is 0.208. The Hall–Kier alpha value is -1.07. The molecule has 0 saturated heterocycles. The number of nitrogens with zero attached hydrogens (tertiary/aromatic N) is 2. The molecular weight excluding hydrogens is 244 g/mol. The molecule has 1 saturated carbocycles. The quantitative estimate of drug-likeness (QED) is 0.710. The first kappa shape index (κ1) is 15.3. The third-order valence-electron chi connectivity index (χ3n) is 4.85. The van der Waals surface area contributed by atoms with E-state index in [0.29, 0.717) is 0 Å². The van der Waals surface area contributed by atoms with Crippen molar-refractivity contribution in [2.75, 3.05) is 19.6 Å². The van der Waals surface area contributed by atoms with Crippen molar-refractivity contribution in [1.29, 1.82) is 5.26 Å². The topological polar surface area (TPSA) is 27.0 Å². The highest BCUT2D eigenvalue weighted by Gasteiger charge is 2.23. The van der Waals surface area contributed by atoms with E-state index >= 15 is 0 Å². The highest BCUT2D eigenvalue weighted by Crippen LogP contribution is 2.29. The fourth-order valence-electron chi connectivity index (χ4n) is 3.58. The smallest absolute Gasteiger partial charge is 0.0994 e. The van der Waals surface area contributed by atoms with Gasteiger partial charge in [0.05, 0.1) is 11.6 Å². The molecule has 0 N–H and O–H groups in total. The van der Waals surface area contributed by atoms with Crippen molar-refractivity contribution in [2.45, 2.75) is 59.3 Å². The van der Waals surface area contributed by atoms with Gasteiger partial charge in [0.2, 0.25) is 0 Å². The maximum absolute atomic E-state index is 9.41. The Kier molecular flexibility index (Phi) is 5.43. The van der Waals surface area contributed by atoms with Gasteiger partial charge in [-0.25, -0.2) is 0 Å². The molecule has 0 radical (unpaired) electrons. The molecule has 20 heavy (non-hydrogen) atoms. The summed E-state index contributed by atoms with van der Waals surface area (Å²) in [5.41, 5.74) is 4.80. The minimum Gasteiger partial charge on any atom is -0.298 e. The van der Waals surface area contributed by atoms with Gasteiger partial charge >= 0.3 is 0 Å². The van der Waals surface area contributed by atoms with Crippen molar-refractivity contribution in [1.82, 2.24) is 4.90 Å². The largest absolute Gasteiger partial charge is 0.298 e. The standard InChI is InChI=1S/C18H28N2/c1-14(2)17(11-19)18-13-20(10-9-15(18)3)12-16-7-5-4-6-8-16/h16H,4-10,12-13H2,1-3H3. The second-order valence-electron chi connectivity index (χ2n) is 6.73. The van der Waals surface area contributed by atoms with E-state index in [4.69, 9.17) is 0 Å². The first-order valence-corrected chi connectivity index (χ1v) is 8.10. The van der Waals surface area contributed by atoms with Crippen molar-refractivity contribution >= 4 is 0 Å². The molecule has 0 spiro atoms. The molecule has 0 unspecified atom stereocenters. The van der Waals surface area contributed by atoms with Gasteiger partial charge in [0.1, 0.15) is 0 Å². The molecule has 0 atom stereocenters. The molecule has 2 rings (SSSR count). The number of allylic oxidation sites excluding steroid dienone is 1. The van der Waals surface area contributed by atoms with Gasteiger partial charge in [-0.2, -0.15) is 5.26 Å². The van der Waals surface area contributed by atoms with Gasteiger partial charge in [-0.05, 0) is 51.5 Å². The van der Waals surface area contributed by atoms with E-state index in [1.807, 2.05) is 0 Å². The molecule has 0 bridgehead atoms. The zero-order valence-corrected chi connectivity index (χ0v) is 13.3. The maximum Gasteiger partial charge on any atom is 0.0994 e. The summed E-state index contributed by atoms with van der Waals surface area (Å²) in [5, 5.41) is 9.41. The first-order valence-electron chi connectivity index (χ1n) is 8.10. The fraction of sp³-hybridized carbons (Fsp3) is 0.722. The Morgan fingerprint density at radius 2 is 1.95 bits per heavy atom. The Labute approximate surface area is 124 Å². The van der Waals surface area contributed by atoms with Crippen LogP contribution in [0.1, 0.15) is 59.3 Å². The minimum atomic E-state index is 0.889. The Morgan fingerprint density at radius 3 is 2.55 bits per heavy atom. The van der Waals surface area contributed by atoms with E-state index in [2.05, 4.69) is 31.7 Å². The van der Waals surface area contributed by atoms with Crippen molar-refractivity contribution in [3.63, 3.8) is 0 Å². The van der Waals surface area contributed by atoms with Gasteiger partial charge in [0, 0.05) is 19.6 Å². The zero-order valence-electron chi connectivity index (χ0n) is 13.3. The summed E-state index contributed by atoms with van der Waals surface area (Å²) in [6.45, 7) is 9.70. The second kappa shape index (κ2) is 7.09. The van der Waals surface area contributed by atoms with Crippen LogP contribution in [0.5, 0.6) is 0 Å². The van der Waals surface area contributed by atoms with Crippen LogP contribution in [0.15, 0.2) is 22.3 Å². The molecule has 1 fully saturated rings. The molecule has 0 amide bonds. The van der Waals surface area contributed by atoms with E-state index in [9.17, 15) is 5.26 Å². The summed E-state index contributed by atoms with van der Waals surface area (Å²) in [6.07, 6.45) is 8.19. The van der Waals surface area contributed by atoms with E-state index in [1.165, 1.54) is 56.3 Å². The third kappa shape index (κ3) is 3.73. The van der Waals surface area contributed by atoms with Crippen LogP contribution in [-0.2, 0) is 0 Å². The van der Waals surface area contributed by atoms with Crippen molar-refractivity contribution < 1.29 is 0 Å². The second-order valence-corrected chi connectivity index (χ2v) is 6.73. The lowest BCUT2D eigenvalue weighted by atomic mass is 9.87. The highest BCUT2D eigenvalue weighted by atomic mass is 15.1. The van der Waals surface area contributed by atoms with Crippen molar-refractivity contribution in [3.05, 3.63) is 22.3 Å². The number of hydrogen-bond donors (Lipinski definition) is 0. The summed E-state index contributed by atoms with van der Waals surface area (Å²) >= 11 is 0. The lowest BCUT2D eigenvalue weighted by Crippen LogP contribution is -2.36. The highest BCUT2D eigenvalue weighted by molar-refractivity contribution is 5.48. The van der Waals surface area contributed by atoms with Gasteiger partial charge in [-0.15, -0.1) is 0 Å². The summed E-state index contributed by atoms with van der Waals surface area (Å²) < 4.78 is 0. The van der Waals surface area contributed by atoms with Crippen LogP contribution in [0.3, 0.4) is 0 Å². The van der Waals surface area contributed by atoms with Crippen molar-refractivity contribution in [3.8, 4) is 6.07 Å². The van der Waals surface area contributed by atoms with Gasteiger partial charge < -0.3 is 0 Å². The molecule has 0 aromatic carbocycles. The van der Waals surface area contributed by atoms with Crippen LogP contribution in [0.25, 0.3) is 0 Å². The third-order valence-corrected chi connectivity index (χ3v) is 4.85. The first-order chi connectivity index (χ1) is 9.61. The van der Waals surface area contributed by atoms with Crippen molar-refractivity contribution in [2.24, 2.45) is 5.92 Å². The van der Waals surface area contributed by atoms with E-state index < -0.39 is 0 Å². The molecule has 2 nitrogen and oxygen atoms in total. The van der Waals surface area contributed by atoms with E-state index in [1.54, 1.807) is 0 Å². The normalized spacial score (nSPS) is 21.7. The molecule has 2 aliphatic rings. The van der Waals surface area contributed by atoms with Gasteiger partial charge in [0.15, 0.2) is 0 Å². The minimum absolute atomic E-state index is 0.889. The van der Waals surface area contributed by atoms with Crippen LogP contribution in [0.4, 0.5) is 0 Å². The Morgan fingerprint density at radius 1 is 1.25 bits per heavy atom.